The zero-order valence-electron chi connectivity index (χ0n) is 15.6. The van der Waals surface area contributed by atoms with Gasteiger partial charge < -0.3 is 20.3 Å². The number of benzene rings is 2. The Morgan fingerprint density at radius 3 is 2.50 bits per heavy atom. The summed E-state index contributed by atoms with van der Waals surface area (Å²) >= 11 is 0. The van der Waals surface area contributed by atoms with E-state index in [9.17, 15) is 4.79 Å². The number of carboxylic acid groups (broad SMARTS) is 1. The highest BCUT2D eigenvalue weighted by atomic mass is 16.5. The van der Waals surface area contributed by atoms with Gasteiger partial charge in [0, 0.05) is 35.2 Å². The third-order valence-electron chi connectivity index (χ3n) is 5.14. The molecule has 3 aromatic rings. The molecular weight excluding hydrogens is 384 g/mol. The second kappa shape index (κ2) is 6.70. The summed E-state index contributed by atoms with van der Waals surface area (Å²) in [6.07, 6.45) is 7.55. The molecule has 8 nitrogen and oxygen atoms in total. The van der Waals surface area contributed by atoms with Crippen molar-refractivity contribution in [2.75, 3.05) is 6.61 Å². The third-order valence-corrected chi connectivity index (χ3v) is 5.14. The summed E-state index contributed by atoms with van der Waals surface area (Å²) in [5, 5.41) is 8.94. The van der Waals surface area contributed by atoms with Crippen LogP contribution in [-0.4, -0.2) is 33.7 Å². The molecular formula is C22H16N4O4. The number of nitrogens with two attached hydrogens (primary N) is 1. The van der Waals surface area contributed by atoms with Crippen LogP contribution in [0.5, 0.6) is 11.5 Å². The van der Waals surface area contributed by atoms with Crippen molar-refractivity contribution in [2.24, 2.45) is 10.7 Å². The maximum Gasteiger partial charge on any atom is 0.328 e. The van der Waals surface area contributed by atoms with Gasteiger partial charge in [-0.05, 0) is 41.5 Å². The number of ether oxygens (including phenoxy) is 2. The molecule has 1 aromatic heterocycles. The molecule has 0 bridgehead atoms. The summed E-state index contributed by atoms with van der Waals surface area (Å²) in [4.78, 5) is 23.7. The van der Waals surface area contributed by atoms with Crippen LogP contribution in [0.3, 0.4) is 0 Å². The number of amidine groups is 1. The van der Waals surface area contributed by atoms with Crippen LogP contribution < -0.4 is 10.5 Å². The van der Waals surface area contributed by atoms with Crippen LogP contribution in [0.15, 0.2) is 66.2 Å². The highest BCUT2D eigenvalue weighted by Gasteiger charge is 2.47. The largest absolute Gasteiger partial charge is 0.478 e. The van der Waals surface area contributed by atoms with Crippen LogP contribution in [0.4, 0.5) is 0 Å². The number of rotatable bonds is 3. The van der Waals surface area contributed by atoms with E-state index >= 15 is 0 Å². The second-order valence-electron chi connectivity index (χ2n) is 6.97. The lowest BCUT2D eigenvalue weighted by Crippen LogP contribution is -2.31. The third kappa shape index (κ3) is 2.86. The molecule has 3 heterocycles. The number of hydrogen-bond acceptors (Lipinski definition) is 7. The minimum absolute atomic E-state index is 0.0914. The first-order valence-corrected chi connectivity index (χ1v) is 9.17. The van der Waals surface area contributed by atoms with E-state index in [0.717, 1.165) is 28.3 Å². The molecule has 2 aliphatic heterocycles. The Kier molecular flexibility index (Phi) is 3.99. The first-order valence-electron chi connectivity index (χ1n) is 9.17. The van der Waals surface area contributed by atoms with Gasteiger partial charge >= 0.3 is 5.97 Å². The van der Waals surface area contributed by atoms with E-state index in [4.69, 9.17) is 20.3 Å². The lowest BCUT2D eigenvalue weighted by atomic mass is 9.80. The molecule has 0 saturated heterocycles. The van der Waals surface area contributed by atoms with Gasteiger partial charge in [0.1, 0.15) is 24.4 Å². The van der Waals surface area contributed by atoms with Gasteiger partial charge in [-0.2, -0.15) is 0 Å². The van der Waals surface area contributed by atoms with Gasteiger partial charge in [-0.15, -0.1) is 0 Å². The highest BCUT2D eigenvalue weighted by molar-refractivity contribution is 5.85. The van der Waals surface area contributed by atoms with Gasteiger partial charge in [-0.1, -0.05) is 12.1 Å². The molecule has 0 aliphatic carbocycles. The second-order valence-corrected chi connectivity index (χ2v) is 6.97. The van der Waals surface area contributed by atoms with E-state index in [-0.39, 0.29) is 12.6 Å². The number of carboxylic acids is 1. The fraction of sp³-hybridized carbons (Fsp3) is 0.0909. The van der Waals surface area contributed by atoms with E-state index < -0.39 is 11.5 Å². The van der Waals surface area contributed by atoms with E-state index in [1.807, 2.05) is 24.3 Å². The molecule has 148 valence electrons. The quantitative estimate of drug-likeness (QED) is 0.649. The van der Waals surface area contributed by atoms with Crippen LogP contribution in [0.2, 0.25) is 0 Å². The number of aromatic nitrogens is 2. The lowest BCUT2D eigenvalue weighted by molar-refractivity contribution is -0.131. The average molecular weight is 400 g/mol. The van der Waals surface area contributed by atoms with E-state index in [2.05, 4.69) is 15.0 Å². The van der Waals surface area contributed by atoms with Crippen LogP contribution in [0.25, 0.3) is 17.2 Å². The number of aliphatic carboxylic acids is 1. The summed E-state index contributed by atoms with van der Waals surface area (Å²) in [6.45, 7) is 0.211. The zero-order valence-corrected chi connectivity index (χ0v) is 15.6. The Hall–Kier alpha value is -4.20. The number of nitrogens with zero attached hydrogens (tertiary/aromatic N) is 3. The van der Waals surface area contributed by atoms with Crippen molar-refractivity contribution in [3.05, 3.63) is 77.9 Å². The summed E-state index contributed by atoms with van der Waals surface area (Å²) in [5.74, 6) is 0.247. The van der Waals surface area contributed by atoms with Gasteiger partial charge in [0.25, 0.3) is 6.02 Å². The van der Waals surface area contributed by atoms with Gasteiger partial charge in [0.2, 0.25) is 0 Å². The van der Waals surface area contributed by atoms with Gasteiger partial charge in [-0.3, -0.25) is 0 Å². The van der Waals surface area contributed by atoms with E-state index in [1.54, 1.807) is 24.5 Å². The molecule has 0 unspecified atom stereocenters. The maximum atomic E-state index is 10.9. The molecule has 8 heteroatoms. The SMILES string of the molecule is NC1=N[C@]2(CO1)c1cc(C=CC(=O)O)ccc1Oc1ccc(-c3cncnc3)cc12. The molecule has 3 N–H and O–H groups in total. The molecule has 0 radical (unpaired) electrons. The number of aliphatic imine (C=N–C) groups is 1. The van der Waals surface area contributed by atoms with Crippen molar-refractivity contribution in [1.29, 1.82) is 0 Å². The summed E-state index contributed by atoms with van der Waals surface area (Å²) < 4.78 is 11.7. The van der Waals surface area contributed by atoms with Crippen molar-refractivity contribution >= 4 is 18.1 Å². The topological polar surface area (TPSA) is 120 Å². The monoisotopic (exact) mass is 400 g/mol. The lowest BCUT2D eigenvalue weighted by Gasteiger charge is -2.34. The molecule has 5 rings (SSSR count). The van der Waals surface area contributed by atoms with Crippen LogP contribution >= 0.6 is 0 Å². The Morgan fingerprint density at radius 1 is 1.07 bits per heavy atom. The van der Waals surface area contributed by atoms with E-state index in [1.165, 1.54) is 12.4 Å². The molecule has 0 fully saturated rings. The van der Waals surface area contributed by atoms with Crippen LogP contribution in [0.1, 0.15) is 16.7 Å². The van der Waals surface area contributed by atoms with Gasteiger partial charge in [0.05, 0.1) is 0 Å². The number of carbonyl (C=O) groups is 1. The normalized spacial score (nSPS) is 19.0. The molecule has 30 heavy (non-hydrogen) atoms. The van der Waals surface area contributed by atoms with Gasteiger partial charge in [-0.25, -0.2) is 19.8 Å². The van der Waals surface area contributed by atoms with Crippen molar-refractivity contribution in [3.63, 3.8) is 0 Å². The van der Waals surface area contributed by atoms with Gasteiger partial charge in [0.15, 0.2) is 5.54 Å². The first kappa shape index (κ1) is 17.9. The molecule has 0 saturated carbocycles. The Morgan fingerprint density at radius 2 is 1.80 bits per heavy atom. The number of hydrogen-bond donors (Lipinski definition) is 2. The molecule has 2 aromatic carbocycles. The van der Waals surface area contributed by atoms with Crippen LogP contribution in [-0.2, 0) is 15.1 Å². The minimum Gasteiger partial charge on any atom is -0.478 e. The summed E-state index contributed by atoms with van der Waals surface area (Å²) in [5.41, 5.74) is 9.04. The number of fused-ring (bicyclic) bond motifs is 4. The zero-order chi connectivity index (χ0) is 20.7. The summed E-state index contributed by atoms with van der Waals surface area (Å²) in [6, 6.07) is 11.3. The van der Waals surface area contributed by atoms with Crippen LogP contribution in [0, 0.1) is 0 Å². The van der Waals surface area contributed by atoms with Crippen molar-refractivity contribution in [1.82, 2.24) is 9.97 Å². The maximum absolute atomic E-state index is 10.9. The fourth-order valence-corrected chi connectivity index (χ4v) is 3.77. The fourth-order valence-electron chi connectivity index (χ4n) is 3.77. The highest BCUT2D eigenvalue weighted by Crippen LogP contribution is 2.51. The van der Waals surface area contributed by atoms with Crippen molar-refractivity contribution < 1.29 is 19.4 Å². The van der Waals surface area contributed by atoms with Crippen molar-refractivity contribution in [3.8, 4) is 22.6 Å². The summed E-state index contributed by atoms with van der Waals surface area (Å²) in [7, 11) is 0. The molecule has 1 atom stereocenters. The molecule has 1 spiro atoms. The molecule has 2 aliphatic rings. The standard InChI is InChI=1S/C22H16N4O4/c23-21-26-22(11-29-21)16-7-13(2-6-20(27)28)1-4-18(16)30-19-5-3-14(8-17(19)22)15-9-24-12-25-10-15/h1-10,12H,11H2,(H2,23,26)(H,27,28)/t22-/m1/s1. The van der Waals surface area contributed by atoms with Crippen molar-refractivity contribution in [2.45, 2.75) is 5.54 Å². The Bertz CT molecular complexity index is 1220. The Balaban J connectivity index is 1.69. The first-order chi connectivity index (χ1) is 14.5. The average Bonchev–Trinajstić information content (AvgIpc) is 3.15. The predicted octanol–water partition coefficient (Wildman–Crippen LogP) is 2.94. The molecule has 0 amide bonds. The van der Waals surface area contributed by atoms with E-state index in [0.29, 0.717) is 17.1 Å². The predicted molar refractivity (Wildman–Crippen MR) is 109 cm³/mol. The smallest absolute Gasteiger partial charge is 0.328 e. The Labute approximate surface area is 171 Å². The minimum atomic E-state index is -1.02.